The second kappa shape index (κ2) is 7.87. The van der Waals surface area contributed by atoms with Gasteiger partial charge in [0.05, 0.1) is 6.10 Å². The first-order valence-electron chi connectivity index (χ1n) is 6.39. The Morgan fingerprint density at radius 3 is 2.61 bits per heavy atom. The second-order valence-corrected chi connectivity index (χ2v) is 5.34. The topological polar surface area (TPSA) is 35.2 Å². The highest BCUT2D eigenvalue weighted by molar-refractivity contribution is 9.10. The Kier molecular flexibility index (Phi) is 6.82. The number of hydrogen-bond donors (Lipinski definition) is 1. The Hall–Kier alpha value is -0.450. The molecule has 1 rings (SSSR count). The van der Waals surface area contributed by atoms with Gasteiger partial charge in [0.2, 0.25) is 0 Å². The van der Waals surface area contributed by atoms with Crippen LogP contribution in [0.15, 0.2) is 22.7 Å². The second-order valence-electron chi connectivity index (χ2n) is 4.43. The van der Waals surface area contributed by atoms with Gasteiger partial charge in [-0.2, -0.15) is 0 Å². The number of hydrogen-bond acceptors (Lipinski definition) is 2. The Morgan fingerprint density at radius 2 is 2.06 bits per heavy atom. The first kappa shape index (κ1) is 15.6. The molecule has 0 aromatic heterocycles. The van der Waals surface area contributed by atoms with Crippen LogP contribution in [0.25, 0.3) is 0 Å². The SMILES string of the molecule is CCCC(OCC)C(N)Cc1cc(F)cc(Br)c1. The summed E-state index contributed by atoms with van der Waals surface area (Å²) in [4.78, 5) is 0. The van der Waals surface area contributed by atoms with E-state index in [2.05, 4.69) is 22.9 Å². The number of rotatable bonds is 7. The summed E-state index contributed by atoms with van der Waals surface area (Å²) in [6, 6.07) is 4.78. The third kappa shape index (κ3) is 5.04. The van der Waals surface area contributed by atoms with E-state index in [0.29, 0.717) is 13.0 Å². The van der Waals surface area contributed by atoms with Crippen molar-refractivity contribution in [2.75, 3.05) is 6.61 Å². The van der Waals surface area contributed by atoms with E-state index >= 15 is 0 Å². The quantitative estimate of drug-likeness (QED) is 0.833. The predicted molar refractivity (Wildman–Crippen MR) is 76.1 cm³/mol. The molecule has 2 unspecified atom stereocenters. The van der Waals surface area contributed by atoms with Crippen molar-refractivity contribution in [2.45, 2.75) is 45.3 Å². The van der Waals surface area contributed by atoms with Crippen LogP contribution in [0.3, 0.4) is 0 Å². The predicted octanol–water partition coefficient (Wildman–Crippen LogP) is 3.66. The zero-order valence-electron chi connectivity index (χ0n) is 11.0. The number of benzene rings is 1. The molecule has 0 amide bonds. The molecule has 0 heterocycles. The minimum Gasteiger partial charge on any atom is -0.377 e. The van der Waals surface area contributed by atoms with Crippen LogP contribution >= 0.6 is 15.9 Å². The Morgan fingerprint density at radius 1 is 1.33 bits per heavy atom. The Labute approximate surface area is 117 Å². The molecule has 0 spiro atoms. The largest absolute Gasteiger partial charge is 0.377 e. The van der Waals surface area contributed by atoms with Crippen LogP contribution in [0, 0.1) is 5.82 Å². The van der Waals surface area contributed by atoms with E-state index in [4.69, 9.17) is 10.5 Å². The molecule has 2 atom stereocenters. The van der Waals surface area contributed by atoms with Crippen molar-refractivity contribution in [2.24, 2.45) is 5.73 Å². The maximum atomic E-state index is 13.3. The van der Waals surface area contributed by atoms with Gasteiger partial charge in [0.15, 0.2) is 0 Å². The average Bonchev–Trinajstić information content (AvgIpc) is 2.27. The van der Waals surface area contributed by atoms with Gasteiger partial charge in [-0.05, 0) is 43.5 Å². The van der Waals surface area contributed by atoms with Gasteiger partial charge < -0.3 is 10.5 Å². The minimum atomic E-state index is -0.241. The molecule has 1 aromatic rings. The molecule has 1 aromatic carbocycles. The standard InChI is InChI=1S/C14H21BrFNO/c1-3-5-14(18-4-2)13(17)8-10-6-11(15)9-12(16)7-10/h6-7,9,13-14H,3-5,8,17H2,1-2H3. The molecular weight excluding hydrogens is 297 g/mol. The van der Waals surface area contributed by atoms with Crippen LogP contribution in [0.2, 0.25) is 0 Å². The van der Waals surface area contributed by atoms with E-state index in [0.717, 1.165) is 22.9 Å². The highest BCUT2D eigenvalue weighted by Crippen LogP contribution is 2.18. The normalized spacial score (nSPS) is 14.5. The summed E-state index contributed by atoms with van der Waals surface area (Å²) in [5, 5.41) is 0. The van der Waals surface area contributed by atoms with E-state index in [1.165, 1.54) is 12.1 Å². The van der Waals surface area contributed by atoms with E-state index < -0.39 is 0 Å². The lowest BCUT2D eigenvalue weighted by Crippen LogP contribution is -2.38. The zero-order valence-corrected chi connectivity index (χ0v) is 12.5. The lowest BCUT2D eigenvalue weighted by Gasteiger charge is -2.23. The number of nitrogens with two attached hydrogens (primary N) is 1. The molecule has 0 fully saturated rings. The van der Waals surface area contributed by atoms with E-state index in [9.17, 15) is 4.39 Å². The van der Waals surface area contributed by atoms with Crippen molar-refractivity contribution in [3.05, 3.63) is 34.1 Å². The molecule has 0 radical (unpaired) electrons. The van der Waals surface area contributed by atoms with Crippen molar-refractivity contribution in [1.82, 2.24) is 0 Å². The van der Waals surface area contributed by atoms with Crippen LogP contribution in [0.1, 0.15) is 32.3 Å². The van der Waals surface area contributed by atoms with Crippen molar-refractivity contribution < 1.29 is 9.13 Å². The summed E-state index contributed by atoms with van der Waals surface area (Å²) in [5.41, 5.74) is 7.06. The van der Waals surface area contributed by atoms with E-state index in [1.807, 2.05) is 13.0 Å². The van der Waals surface area contributed by atoms with Crippen LogP contribution < -0.4 is 5.73 Å². The fraction of sp³-hybridized carbons (Fsp3) is 0.571. The van der Waals surface area contributed by atoms with Gasteiger partial charge in [-0.3, -0.25) is 0 Å². The summed E-state index contributed by atoms with van der Waals surface area (Å²) in [6.07, 6.45) is 2.64. The molecule has 0 saturated carbocycles. The van der Waals surface area contributed by atoms with Crippen LogP contribution in [0.4, 0.5) is 4.39 Å². The summed E-state index contributed by atoms with van der Waals surface area (Å²) >= 11 is 3.29. The van der Waals surface area contributed by atoms with Crippen molar-refractivity contribution in [3.63, 3.8) is 0 Å². The summed E-state index contributed by atoms with van der Waals surface area (Å²) < 4.78 is 19.7. The van der Waals surface area contributed by atoms with Crippen molar-refractivity contribution in [3.8, 4) is 0 Å². The molecule has 0 aliphatic carbocycles. The first-order valence-corrected chi connectivity index (χ1v) is 7.18. The van der Waals surface area contributed by atoms with Crippen LogP contribution in [-0.4, -0.2) is 18.8 Å². The molecular formula is C14H21BrFNO. The van der Waals surface area contributed by atoms with Crippen molar-refractivity contribution in [1.29, 1.82) is 0 Å². The smallest absolute Gasteiger partial charge is 0.124 e. The zero-order chi connectivity index (χ0) is 13.5. The molecule has 4 heteroatoms. The fourth-order valence-electron chi connectivity index (χ4n) is 2.05. The first-order chi connectivity index (χ1) is 8.56. The molecule has 18 heavy (non-hydrogen) atoms. The van der Waals surface area contributed by atoms with Crippen LogP contribution in [-0.2, 0) is 11.2 Å². The summed E-state index contributed by atoms with van der Waals surface area (Å²) in [5.74, 6) is -0.241. The molecule has 0 bridgehead atoms. The third-order valence-corrected chi connectivity index (χ3v) is 3.28. The number of ether oxygens (including phenoxy) is 1. The van der Waals surface area contributed by atoms with Crippen molar-refractivity contribution >= 4 is 15.9 Å². The Bertz CT molecular complexity index is 347. The van der Waals surface area contributed by atoms with Gasteiger partial charge in [-0.1, -0.05) is 29.3 Å². The number of halogens is 2. The third-order valence-electron chi connectivity index (χ3n) is 2.83. The molecule has 0 aliphatic rings. The molecule has 0 aliphatic heterocycles. The molecule has 102 valence electrons. The lowest BCUT2D eigenvalue weighted by molar-refractivity contribution is 0.0378. The highest BCUT2D eigenvalue weighted by atomic mass is 79.9. The van der Waals surface area contributed by atoms with E-state index in [1.54, 1.807) is 0 Å². The van der Waals surface area contributed by atoms with E-state index in [-0.39, 0.29) is 18.0 Å². The lowest BCUT2D eigenvalue weighted by atomic mass is 9.99. The van der Waals surface area contributed by atoms with Gasteiger partial charge in [0, 0.05) is 17.1 Å². The van der Waals surface area contributed by atoms with Gasteiger partial charge >= 0.3 is 0 Å². The van der Waals surface area contributed by atoms with Crippen LogP contribution in [0.5, 0.6) is 0 Å². The van der Waals surface area contributed by atoms with Gasteiger partial charge in [-0.15, -0.1) is 0 Å². The monoisotopic (exact) mass is 317 g/mol. The maximum absolute atomic E-state index is 13.3. The fourth-order valence-corrected chi connectivity index (χ4v) is 2.56. The molecule has 0 saturated heterocycles. The molecule has 2 N–H and O–H groups in total. The molecule has 2 nitrogen and oxygen atoms in total. The summed E-state index contributed by atoms with van der Waals surface area (Å²) in [7, 11) is 0. The average molecular weight is 318 g/mol. The van der Waals surface area contributed by atoms with Gasteiger partial charge in [0.1, 0.15) is 5.82 Å². The van der Waals surface area contributed by atoms with Gasteiger partial charge in [0.25, 0.3) is 0 Å². The summed E-state index contributed by atoms with van der Waals surface area (Å²) in [6.45, 7) is 4.73. The minimum absolute atomic E-state index is 0.0436. The van der Waals surface area contributed by atoms with Gasteiger partial charge in [-0.25, -0.2) is 4.39 Å². The maximum Gasteiger partial charge on any atom is 0.124 e. The Balaban J connectivity index is 2.68. The highest BCUT2D eigenvalue weighted by Gasteiger charge is 2.18.